The van der Waals surface area contributed by atoms with Crippen LogP contribution >= 0.6 is 11.6 Å². The predicted molar refractivity (Wildman–Crippen MR) is 56.8 cm³/mol. The van der Waals surface area contributed by atoms with Crippen molar-refractivity contribution < 1.29 is 9.52 Å². The Morgan fingerprint density at radius 1 is 1.36 bits per heavy atom. The van der Waals surface area contributed by atoms with Gasteiger partial charge in [-0.1, -0.05) is 18.2 Å². The van der Waals surface area contributed by atoms with E-state index in [1.54, 1.807) is 0 Å². The van der Waals surface area contributed by atoms with E-state index in [9.17, 15) is 0 Å². The van der Waals surface area contributed by atoms with Crippen molar-refractivity contribution in [2.45, 2.75) is 5.92 Å². The Bertz CT molecular complexity index is 385. The zero-order valence-corrected chi connectivity index (χ0v) is 8.37. The summed E-state index contributed by atoms with van der Waals surface area (Å²) in [6.45, 7) is 0.0172. The minimum atomic E-state index is -0.107. The van der Waals surface area contributed by atoms with Crippen molar-refractivity contribution in [1.82, 2.24) is 0 Å². The van der Waals surface area contributed by atoms with Gasteiger partial charge in [0, 0.05) is 11.3 Å². The lowest BCUT2D eigenvalue weighted by Crippen LogP contribution is -2.03. The largest absolute Gasteiger partial charge is 0.461 e. The standard InChI is InChI=1S/C11H11ClO2/c12-6-9(7-13)11-5-8-3-1-2-4-10(8)14-11/h1-5,9,13H,6-7H2. The Morgan fingerprint density at radius 2 is 2.14 bits per heavy atom. The lowest BCUT2D eigenvalue weighted by molar-refractivity contribution is 0.261. The summed E-state index contributed by atoms with van der Waals surface area (Å²) in [5, 5.41) is 10.1. The Balaban J connectivity index is 2.43. The van der Waals surface area contributed by atoms with Crippen LogP contribution in [0.25, 0.3) is 11.0 Å². The third-order valence-corrected chi connectivity index (χ3v) is 2.63. The number of rotatable bonds is 3. The van der Waals surface area contributed by atoms with Crippen LogP contribution in [-0.2, 0) is 0 Å². The third kappa shape index (κ3) is 1.63. The fourth-order valence-electron chi connectivity index (χ4n) is 1.42. The van der Waals surface area contributed by atoms with Crippen LogP contribution in [-0.4, -0.2) is 17.6 Å². The van der Waals surface area contributed by atoms with Gasteiger partial charge < -0.3 is 9.52 Å². The first-order valence-electron chi connectivity index (χ1n) is 4.50. The highest BCUT2D eigenvalue weighted by Gasteiger charge is 2.13. The number of para-hydroxylation sites is 1. The average molecular weight is 211 g/mol. The quantitative estimate of drug-likeness (QED) is 0.791. The zero-order valence-electron chi connectivity index (χ0n) is 7.61. The first-order valence-corrected chi connectivity index (χ1v) is 5.04. The second kappa shape index (κ2) is 4.03. The molecule has 3 heteroatoms. The second-order valence-corrected chi connectivity index (χ2v) is 3.53. The highest BCUT2D eigenvalue weighted by Crippen LogP contribution is 2.25. The fraction of sp³-hybridized carbons (Fsp3) is 0.273. The highest BCUT2D eigenvalue weighted by molar-refractivity contribution is 6.18. The predicted octanol–water partition coefficient (Wildman–Crippen LogP) is 2.75. The van der Waals surface area contributed by atoms with Gasteiger partial charge in [0.25, 0.3) is 0 Å². The van der Waals surface area contributed by atoms with Gasteiger partial charge in [-0.15, -0.1) is 11.6 Å². The molecule has 0 radical (unpaired) electrons. The van der Waals surface area contributed by atoms with Crippen molar-refractivity contribution in [3.05, 3.63) is 36.1 Å². The van der Waals surface area contributed by atoms with E-state index in [2.05, 4.69) is 0 Å². The number of aliphatic hydroxyl groups is 1. The van der Waals surface area contributed by atoms with Gasteiger partial charge in [-0.2, -0.15) is 0 Å². The summed E-state index contributed by atoms with van der Waals surface area (Å²) in [6.07, 6.45) is 0. The van der Waals surface area contributed by atoms with Crippen LogP contribution in [0, 0.1) is 0 Å². The summed E-state index contributed by atoms with van der Waals surface area (Å²) in [4.78, 5) is 0. The first kappa shape index (κ1) is 9.56. The van der Waals surface area contributed by atoms with Gasteiger partial charge in [0.15, 0.2) is 0 Å². The summed E-state index contributed by atoms with van der Waals surface area (Å²) in [6, 6.07) is 9.69. The molecule has 1 heterocycles. The number of hydrogen-bond donors (Lipinski definition) is 1. The van der Waals surface area contributed by atoms with E-state index in [1.165, 1.54) is 0 Å². The Labute approximate surface area is 87.1 Å². The smallest absolute Gasteiger partial charge is 0.134 e. The molecule has 1 unspecified atom stereocenters. The van der Waals surface area contributed by atoms with Gasteiger partial charge >= 0.3 is 0 Å². The first-order chi connectivity index (χ1) is 6.85. The van der Waals surface area contributed by atoms with Crippen LogP contribution in [0.3, 0.4) is 0 Å². The fourth-order valence-corrected chi connectivity index (χ4v) is 1.67. The molecule has 0 saturated heterocycles. The maximum atomic E-state index is 9.06. The van der Waals surface area contributed by atoms with E-state index in [4.69, 9.17) is 21.1 Å². The van der Waals surface area contributed by atoms with Gasteiger partial charge in [0.1, 0.15) is 11.3 Å². The molecule has 0 aliphatic rings. The van der Waals surface area contributed by atoms with Crippen LogP contribution in [0.2, 0.25) is 0 Å². The van der Waals surface area contributed by atoms with E-state index in [0.29, 0.717) is 5.88 Å². The van der Waals surface area contributed by atoms with Crippen molar-refractivity contribution in [3.8, 4) is 0 Å². The van der Waals surface area contributed by atoms with Crippen LogP contribution in [0.5, 0.6) is 0 Å². The number of furan rings is 1. The molecule has 1 atom stereocenters. The Hall–Kier alpha value is -0.990. The van der Waals surface area contributed by atoms with Crippen molar-refractivity contribution >= 4 is 22.6 Å². The van der Waals surface area contributed by atoms with Crippen molar-refractivity contribution in [2.24, 2.45) is 0 Å². The Morgan fingerprint density at radius 3 is 2.79 bits per heavy atom. The Kier molecular flexibility index (Phi) is 2.75. The minimum absolute atomic E-state index is 0.0172. The van der Waals surface area contributed by atoms with Crippen molar-refractivity contribution in [1.29, 1.82) is 0 Å². The number of fused-ring (bicyclic) bond motifs is 1. The molecule has 0 saturated carbocycles. The van der Waals surface area contributed by atoms with Crippen LogP contribution in [0.4, 0.5) is 0 Å². The van der Waals surface area contributed by atoms with Crippen molar-refractivity contribution in [3.63, 3.8) is 0 Å². The van der Waals surface area contributed by atoms with Gasteiger partial charge in [0.2, 0.25) is 0 Å². The molecule has 1 aromatic heterocycles. The molecule has 0 amide bonds. The molecule has 2 rings (SSSR count). The topological polar surface area (TPSA) is 33.4 Å². The van der Waals surface area contributed by atoms with Gasteiger partial charge in [-0.25, -0.2) is 0 Å². The summed E-state index contributed by atoms with van der Waals surface area (Å²) in [5.74, 6) is 1.02. The van der Waals surface area contributed by atoms with Crippen molar-refractivity contribution in [2.75, 3.05) is 12.5 Å². The van der Waals surface area contributed by atoms with Crippen LogP contribution < -0.4 is 0 Å². The van der Waals surface area contributed by atoms with Gasteiger partial charge in [0.05, 0.1) is 12.5 Å². The molecule has 0 bridgehead atoms. The van der Waals surface area contributed by atoms with E-state index >= 15 is 0 Å². The molecule has 0 aliphatic heterocycles. The summed E-state index contributed by atoms with van der Waals surface area (Å²) >= 11 is 5.71. The average Bonchev–Trinajstić information content (AvgIpc) is 2.63. The van der Waals surface area contributed by atoms with E-state index in [1.807, 2.05) is 30.3 Å². The van der Waals surface area contributed by atoms with Gasteiger partial charge in [-0.05, 0) is 12.1 Å². The molecule has 0 fully saturated rings. The highest BCUT2D eigenvalue weighted by atomic mass is 35.5. The molecule has 0 aliphatic carbocycles. The number of halogens is 1. The van der Waals surface area contributed by atoms with Crippen LogP contribution in [0.1, 0.15) is 11.7 Å². The second-order valence-electron chi connectivity index (χ2n) is 3.22. The molecule has 1 N–H and O–H groups in total. The van der Waals surface area contributed by atoms with E-state index in [0.717, 1.165) is 16.7 Å². The summed E-state index contributed by atoms with van der Waals surface area (Å²) in [5.41, 5.74) is 0.839. The monoisotopic (exact) mass is 210 g/mol. The molecular weight excluding hydrogens is 200 g/mol. The lowest BCUT2D eigenvalue weighted by atomic mass is 10.1. The molecule has 2 aromatic rings. The zero-order chi connectivity index (χ0) is 9.97. The van der Waals surface area contributed by atoms with Gasteiger partial charge in [-0.3, -0.25) is 0 Å². The molecular formula is C11H11ClO2. The summed E-state index contributed by atoms with van der Waals surface area (Å²) in [7, 11) is 0. The molecule has 1 aromatic carbocycles. The normalized spacial score (nSPS) is 13.3. The van der Waals surface area contributed by atoms with Crippen LogP contribution in [0.15, 0.2) is 34.7 Å². The molecule has 0 spiro atoms. The number of benzene rings is 1. The third-order valence-electron chi connectivity index (χ3n) is 2.25. The maximum Gasteiger partial charge on any atom is 0.134 e. The number of aliphatic hydroxyl groups excluding tert-OH is 1. The lowest BCUT2D eigenvalue weighted by Gasteiger charge is -2.04. The number of alkyl halides is 1. The van der Waals surface area contributed by atoms with E-state index < -0.39 is 0 Å². The summed E-state index contributed by atoms with van der Waals surface area (Å²) < 4.78 is 5.57. The van der Waals surface area contributed by atoms with E-state index in [-0.39, 0.29) is 12.5 Å². The molecule has 2 nitrogen and oxygen atoms in total. The maximum absolute atomic E-state index is 9.06. The molecule has 14 heavy (non-hydrogen) atoms. The molecule has 74 valence electrons. The number of hydrogen-bond acceptors (Lipinski definition) is 2. The minimum Gasteiger partial charge on any atom is -0.461 e. The SMILES string of the molecule is OCC(CCl)c1cc2ccccc2o1.